The standard InChI is InChI=1S/C12H16BrN3O3/c1-14-3-5-15(6-4-14)10-8-12(19-2)11(16(17)18)7-9(10)13/h7-8H,3-6H2,1-2H3. The Balaban J connectivity index is 2.33. The first kappa shape index (κ1) is 14.1. The molecule has 1 aromatic rings. The Kier molecular flexibility index (Phi) is 4.26. The Labute approximate surface area is 120 Å². The average molecular weight is 330 g/mol. The summed E-state index contributed by atoms with van der Waals surface area (Å²) >= 11 is 3.41. The second-order valence-electron chi connectivity index (χ2n) is 4.52. The van der Waals surface area contributed by atoms with Crippen molar-refractivity contribution >= 4 is 27.3 Å². The second-order valence-corrected chi connectivity index (χ2v) is 5.38. The number of hydrogen-bond donors (Lipinski definition) is 0. The van der Waals surface area contributed by atoms with E-state index in [1.807, 2.05) is 0 Å². The molecule has 0 N–H and O–H groups in total. The van der Waals surface area contributed by atoms with Gasteiger partial charge in [0.15, 0.2) is 5.75 Å². The van der Waals surface area contributed by atoms with E-state index in [2.05, 4.69) is 32.8 Å². The van der Waals surface area contributed by atoms with E-state index in [-0.39, 0.29) is 5.69 Å². The lowest BCUT2D eigenvalue weighted by Crippen LogP contribution is -2.44. The van der Waals surface area contributed by atoms with Gasteiger partial charge in [0.05, 0.1) is 17.7 Å². The molecule has 0 aromatic heterocycles. The van der Waals surface area contributed by atoms with E-state index >= 15 is 0 Å². The Bertz CT molecular complexity index is 487. The number of hydrogen-bond acceptors (Lipinski definition) is 5. The summed E-state index contributed by atoms with van der Waals surface area (Å²) in [5.41, 5.74) is 0.919. The number of ether oxygens (including phenoxy) is 1. The number of methoxy groups -OCH3 is 1. The van der Waals surface area contributed by atoms with Crippen LogP contribution < -0.4 is 9.64 Å². The third-order valence-electron chi connectivity index (χ3n) is 3.29. The molecule has 19 heavy (non-hydrogen) atoms. The lowest BCUT2D eigenvalue weighted by atomic mass is 10.2. The summed E-state index contributed by atoms with van der Waals surface area (Å²) in [6, 6.07) is 3.24. The third-order valence-corrected chi connectivity index (χ3v) is 3.92. The maximum atomic E-state index is 10.9. The van der Waals surface area contributed by atoms with Crippen LogP contribution in [0.4, 0.5) is 11.4 Å². The summed E-state index contributed by atoms with van der Waals surface area (Å²) < 4.78 is 5.84. The van der Waals surface area contributed by atoms with Crippen molar-refractivity contribution in [3.8, 4) is 5.75 Å². The highest BCUT2D eigenvalue weighted by atomic mass is 79.9. The van der Waals surface area contributed by atoms with Gasteiger partial charge in [0.2, 0.25) is 0 Å². The summed E-state index contributed by atoms with van der Waals surface area (Å²) in [5, 5.41) is 10.9. The number of anilines is 1. The smallest absolute Gasteiger partial charge is 0.312 e. The van der Waals surface area contributed by atoms with Crippen molar-refractivity contribution in [2.24, 2.45) is 0 Å². The predicted molar refractivity (Wildman–Crippen MR) is 77.1 cm³/mol. The molecule has 7 heteroatoms. The molecule has 1 fully saturated rings. The maximum Gasteiger partial charge on any atom is 0.312 e. The van der Waals surface area contributed by atoms with Gasteiger partial charge in [0.25, 0.3) is 0 Å². The van der Waals surface area contributed by atoms with Crippen LogP contribution in [0.1, 0.15) is 0 Å². The van der Waals surface area contributed by atoms with Gasteiger partial charge in [-0.1, -0.05) is 0 Å². The van der Waals surface area contributed by atoms with E-state index in [9.17, 15) is 10.1 Å². The Morgan fingerprint density at radius 2 is 1.95 bits per heavy atom. The van der Waals surface area contributed by atoms with Crippen molar-refractivity contribution in [3.63, 3.8) is 0 Å². The Hall–Kier alpha value is -1.34. The molecule has 1 aromatic carbocycles. The predicted octanol–water partition coefficient (Wildman–Crippen LogP) is 2.12. The molecule has 2 rings (SSSR count). The minimum atomic E-state index is -0.433. The molecule has 1 heterocycles. The third kappa shape index (κ3) is 2.98. The largest absolute Gasteiger partial charge is 0.490 e. The molecular weight excluding hydrogens is 314 g/mol. The number of nitro benzene ring substituents is 1. The van der Waals surface area contributed by atoms with Crippen molar-refractivity contribution in [2.75, 3.05) is 45.2 Å². The molecule has 0 saturated carbocycles. The highest BCUT2D eigenvalue weighted by Gasteiger charge is 2.22. The van der Waals surface area contributed by atoms with Gasteiger partial charge in [-0.2, -0.15) is 0 Å². The topological polar surface area (TPSA) is 58.8 Å². The lowest BCUT2D eigenvalue weighted by Gasteiger charge is -2.34. The van der Waals surface area contributed by atoms with Crippen LogP contribution >= 0.6 is 15.9 Å². The van der Waals surface area contributed by atoms with E-state index in [1.165, 1.54) is 13.2 Å². The summed E-state index contributed by atoms with van der Waals surface area (Å²) in [4.78, 5) is 15.0. The molecule has 1 saturated heterocycles. The van der Waals surface area contributed by atoms with Gasteiger partial charge in [0, 0.05) is 42.8 Å². The van der Waals surface area contributed by atoms with Crippen molar-refractivity contribution in [2.45, 2.75) is 0 Å². The van der Waals surface area contributed by atoms with Crippen LogP contribution in [0.3, 0.4) is 0 Å². The zero-order valence-corrected chi connectivity index (χ0v) is 12.5. The number of nitro groups is 1. The van der Waals surface area contributed by atoms with Gasteiger partial charge in [-0.05, 0) is 23.0 Å². The van der Waals surface area contributed by atoms with E-state index in [4.69, 9.17) is 4.74 Å². The Morgan fingerprint density at radius 1 is 1.32 bits per heavy atom. The molecule has 0 radical (unpaired) electrons. The molecular formula is C12H16BrN3O3. The quantitative estimate of drug-likeness (QED) is 0.628. The van der Waals surface area contributed by atoms with Crippen LogP contribution in [0.15, 0.2) is 16.6 Å². The second kappa shape index (κ2) is 5.75. The summed E-state index contributed by atoms with van der Waals surface area (Å²) in [6.45, 7) is 3.75. The molecule has 0 amide bonds. The van der Waals surface area contributed by atoms with Crippen molar-refractivity contribution in [3.05, 3.63) is 26.7 Å². The molecule has 0 aliphatic carbocycles. The number of nitrogens with zero attached hydrogens (tertiary/aromatic N) is 3. The molecule has 1 aliphatic rings. The maximum absolute atomic E-state index is 10.9. The van der Waals surface area contributed by atoms with Crippen LogP contribution in [-0.4, -0.2) is 50.2 Å². The number of rotatable bonds is 3. The van der Waals surface area contributed by atoms with Gasteiger partial charge in [-0.25, -0.2) is 0 Å². The van der Waals surface area contributed by atoms with E-state index in [1.54, 1.807) is 6.07 Å². The fraction of sp³-hybridized carbons (Fsp3) is 0.500. The molecule has 0 unspecified atom stereocenters. The van der Waals surface area contributed by atoms with Crippen LogP contribution in [0.25, 0.3) is 0 Å². The number of piperazine rings is 1. The highest BCUT2D eigenvalue weighted by molar-refractivity contribution is 9.10. The molecule has 0 atom stereocenters. The van der Waals surface area contributed by atoms with Crippen molar-refractivity contribution in [1.82, 2.24) is 4.90 Å². The van der Waals surface area contributed by atoms with E-state index in [0.717, 1.165) is 36.3 Å². The monoisotopic (exact) mass is 329 g/mol. The molecule has 6 nitrogen and oxygen atoms in total. The van der Waals surface area contributed by atoms with Gasteiger partial charge >= 0.3 is 5.69 Å². The van der Waals surface area contributed by atoms with Crippen molar-refractivity contribution in [1.29, 1.82) is 0 Å². The Morgan fingerprint density at radius 3 is 2.47 bits per heavy atom. The van der Waals surface area contributed by atoms with Crippen LogP contribution in [-0.2, 0) is 0 Å². The molecule has 0 bridgehead atoms. The van der Waals surface area contributed by atoms with Crippen LogP contribution in [0.5, 0.6) is 5.75 Å². The first-order valence-electron chi connectivity index (χ1n) is 5.98. The van der Waals surface area contributed by atoms with Gasteiger partial charge < -0.3 is 14.5 Å². The van der Waals surface area contributed by atoms with Crippen LogP contribution in [0, 0.1) is 10.1 Å². The summed E-state index contributed by atoms with van der Waals surface area (Å²) in [6.07, 6.45) is 0. The minimum absolute atomic E-state index is 0.0211. The normalized spacial score (nSPS) is 16.5. The van der Waals surface area contributed by atoms with Crippen LogP contribution in [0.2, 0.25) is 0 Å². The van der Waals surface area contributed by atoms with Crippen molar-refractivity contribution < 1.29 is 9.66 Å². The zero-order chi connectivity index (χ0) is 14.0. The van der Waals surface area contributed by atoms with Gasteiger partial charge in [0.1, 0.15) is 0 Å². The molecule has 104 valence electrons. The first-order chi connectivity index (χ1) is 9.02. The fourth-order valence-electron chi connectivity index (χ4n) is 2.13. The summed E-state index contributed by atoms with van der Waals surface area (Å²) in [5.74, 6) is 0.294. The minimum Gasteiger partial charge on any atom is -0.490 e. The summed E-state index contributed by atoms with van der Waals surface area (Å²) in [7, 11) is 3.53. The lowest BCUT2D eigenvalue weighted by molar-refractivity contribution is -0.385. The molecule has 0 spiro atoms. The van der Waals surface area contributed by atoms with Gasteiger partial charge in [-0.3, -0.25) is 10.1 Å². The van der Waals surface area contributed by atoms with E-state index in [0.29, 0.717) is 5.75 Å². The highest BCUT2D eigenvalue weighted by Crippen LogP contribution is 2.38. The van der Waals surface area contributed by atoms with Gasteiger partial charge in [-0.15, -0.1) is 0 Å². The number of halogens is 1. The first-order valence-corrected chi connectivity index (χ1v) is 6.77. The van der Waals surface area contributed by atoms with E-state index < -0.39 is 4.92 Å². The SMILES string of the molecule is COc1cc(N2CCN(C)CC2)c(Br)cc1[N+](=O)[O-]. The average Bonchev–Trinajstić information content (AvgIpc) is 2.39. The fourth-order valence-corrected chi connectivity index (χ4v) is 2.71. The number of benzene rings is 1. The zero-order valence-electron chi connectivity index (χ0n) is 10.9. The molecule has 1 aliphatic heterocycles. The number of likely N-dealkylation sites (N-methyl/N-ethyl adjacent to an activating group) is 1.